The monoisotopic (exact) mass is 641 g/mol. The second kappa shape index (κ2) is 35.0. The van der Waals surface area contributed by atoms with E-state index >= 15 is 0 Å². The second-order valence-corrected chi connectivity index (χ2v) is 14.4. The fourth-order valence-corrected chi connectivity index (χ4v) is 6.70. The number of esters is 1. The minimum absolute atomic E-state index is 0.0144. The van der Waals surface area contributed by atoms with Crippen LogP contribution >= 0.6 is 0 Å². The molecule has 1 heterocycles. The minimum atomic E-state index is 0.0144. The van der Waals surface area contributed by atoms with E-state index in [9.17, 15) is 4.79 Å². The summed E-state index contributed by atoms with van der Waals surface area (Å²) < 4.78 is 5.39. The molecule has 2 nitrogen and oxygen atoms in total. The molecule has 0 aliphatic carbocycles. The average Bonchev–Trinajstić information content (AvgIpc) is 3.06. The van der Waals surface area contributed by atoms with Crippen molar-refractivity contribution in [1.29, 1.82) is 0 Å². The summed E-state index contributed by atoms with van der Waals surface area (Å²) in [6, 6.07) is 0. The van der Waals surface area contributed by atoms with E-state index in [0.29, 0.717) is 0 Å². The first-order valence-electron chi connectivity index (χ1n) is 21.0. The molecule has 0 saturated carbocycles. The van der Waals surface area contributed by atoms with Gasteiger partial charge in [0.25, 0.3) is 0 Å². The first-order valence-corrected chi connectivity index (χ1v) is 21.0. The Morgan fingerprint density at radius 3 is 1.07 bits per heavy atom. The summed E-state index contributed by atoms with van der Waals surface area (Å²) in [6.45, 7) is 4.57. The normalized spacial score (nSPS) is 15.8. The standard InChI is InChI=1S/C44H80O2/c1-3-5-7-9-11-13-15-17-19-21-23-25-27-29-31-33-35-37-39-41-43-42(44(45)46-43)40-38-36-34-32-30-28-26-24-22-20-18-16-14-12-10-8-6-4-2/h17-20,41-42H,3-16,21-40H2,1-2H3/b19-17+,20-18+,43-41-. The van der Waals surface area contributed by atoms with Gasteiger partial charge in [-0.1, -0.05) is 186 Å². The summed E-state index contributed by atoms with van der Waals surface area (Å²) in [5.41, 5.74) is 0. The van der Waals surface area contributed by atoms with Crippen LogP contribution in [0.5, 0.6) is 0 Å². The molecule has 2 heteroatoms. The van der Waals surface area contributed by atoms with E-state index in [1.165, 1.54) is 199 Å². The van der Waals surface area contributed by atoms with Crippen molar-refractivity contribution in [3.63, 3.8) is 0 Å². The molecule has 0 N–H and O–H groups in total. The lowest BCUT2D eigenvalue weighted by Crippen LogP contribution is -2.32. The summed E-state index contributed by atoms with van der Waals surface area (Å²) >= 11 is 0. The van der Waals surface area contributed by atoms with Crippen LogP contribution in [0.25, 0.3) is 0 Å². The molecule has 0 aromatic rings. The van der Waals surface area contributed by atoms with Crippen LogP contribution in [0.4, 0.5) is 0 Å². The Labute approximate surface area is 289 Å². The van der Waals surface area contributed by atoms with Gasteiger partial charge in [0, 0.05) is 0 Å². The zero-order chi connectivity index (χ0) is 33.0. The van der Waals surface area contributed by atoms with Gasteiger partial charge in [-0.3, -0.25) is 4.79 Å². The Hall–Kier alpha value is -1.31. The third-order valence-electron chi connectivity index (χ3n) is 9.91. The van der Waals surface area contributed by atoms with Gasteiger partial charge >= 0.3 is 5.97 Å². The molecule has 1 atom stereocenters. The maximum atomic E-state index is 12.0. The number of hydrogen-bond donors (Lipinski definition) is 0. The summed E-state index contributed by atoms with van der Waals surface area (Å²) in [4.78, 5) is 12.0. The molecule has 0 amide bonds. The number of carbonyl (C=O) groups is 1. The van der Waals surface area contributed by atoms with Crippen LogP contribution in [0, 0.1) is 5.92 Å². The third kappa shape index (κ3) is 27.8. The lowest BCUT2D eigenvalue weighted by atomic mass is 9.93. The molecule has 46 heavy (non-hydrogen) atoms. The molecule has 0 aromatic heterocycles. The van der Waals surface area contributed by atoms with Crippen LogP contribution in [0.2, 0.25) is 0 Å². The molecule has 0 spiro atoms. The van der Waals surface area contributed by atoms with E-state index in [4.69, 9.17) is 4.74 Å². The Bertz CT molecular complexity index is 732. The lowest BCUT2D eigenvalue weighted by Gasteiger charge is -2.28. The Morgan fingerprint density at radius 2 is 0.717 bits per heavy atom. The van der Waals surface area contributed by atoms with E-state index in [1.54, 1.807) is 0 Å². The van der Waals surface area contributed by atoms with Gasteiger partial charge < -0.3 is 4.74 Å². The van der Waals surface area contributed by atoms with Gasteiger partial charge in [-0.15, -0.1) is 0 Å². The molecule has 1 saturated heterocycles. The van der Waals surface area contributed by atoms with Crippen molar-refractivity contribution in [2.75, 3.05) is 0 Å². The zero-order valence-electron chi connectivity index (χ0n) is 31.3. The Balaban J connectivity index is 1.83. The smallest absolute Gasteiger partial charge is 0.321 e. The molecule has 1 rings (SSSR count). The van der Waals surface area contributed by atoms with Crippen LogP contribution in [-0.2, 0) is 9.53 Å². The predicted molar refractivity (Wildman–Crippen MR) is 204 cm³/mol. The molecular weight excluding hydrogens is 560 g/mol. The van der Waals surface area contributed by atoms with Crippen molar-refractivity contribution in [3.8, 4) is 0 Å². The van der Waals surface area contributed by atoms with Crippen LogP contribution in [0.1, 0.15) is 232 Å². The van der Waals surface area contributed by atoms with Crippen LogP contribution in [-0.4, -0.2) is 5.97 Å². The number of allylic oxidation sites excluding steroid dienone is 5. The maximum absolute atomic E-state index is 12.0. The highest BCUT2D eigenvalue weighted by Gasteiger charge is 2.36. The number of rotatable bonds is 36. The van der Waals surface area contributed by atoms with E-state index in [0.717, 1.165) is 25.0 Å². The van der Waals surface area contributed by atoms with Gasteiger partial charge in [0.15, 0.2) is 0 Å². The van der Waals surface area contributed by atoms with E-state index in [2.05, 4.69) is 44.2 Å². The predicted octanol–water partition coefficient (Wildman–Crippen LogP) is 15.5. The van der Waals surface area contributed by atoms with Crippen molar-refractivity contribution in [1.82, 2.24) is 0 Å². The zero-order valence-corrected chi connectivity index (χ0v) is 31.3. The third-order valence-corrected chi connectivity index (χ3v) is 9.91. The van der Waals surface area contributed by atoms with Gasteiger partial charge in [-0.2, -0.15) is 0 Å². The molecule has 1 aliphatic rings. The van der Waals surface area contributed by atoms with E-state index in [-0.39, 0.29) is 11.9 Å². The summed E-state index contributed by atoms with van der Waals surface area (Å²) in [7, 11) is 0. The number of ether oxygens (including phenoxy) is 1. The molecular formula is C44H80O2. The Morgan fingerprint density at radius 1 is 0.413 bits per heavy atom. The Kier molecular flexibility index (Phi) is 32.5. The van der Waals surface area contributed by atoms with Gasteiger partial charge in [0.1, 0.15) is 11.7 Å². The van der Waals surface area contributed by atoms with Crippen LogP contribution in [0.3, 0.4) is 0 Å². The van der Waals surface area contributed by atoms with Crippen molar-refractivity contribution in [2.24, 2.45) is 5.92 Å². The van der Waals surface area contributed by atoms with E-state index in [1.807, 2.05) is 0 Å². The first kappa shape index (κ1) is 42.7. The van der Waals surface area contributed by atoms with Crippen molar-refractivity contribution < 1.29 is 9.53 Å². The molecule has 0 radical (unpaired) electrons. The molecule has 1 fully saturated rings. The van der Waals surface area contributed by atoms with Gasteiger partial charge in [-0.05, 0) is 76.7 Å². The SMILES string of the molecule is CCCCCCCC/C=C/CCCCCCCCCC/C=C1\OC(=O)C1CCCCCCCCCC/C=C/CCCCCCCC. The number of carbonyl (C=O) groups excluding carboxylic acids is 1. The lowest BCUT2D eigenvalue weighted by molar-refractivity contribution is -0.157. The first-order chi connectivity index (χ1) is 22.8. The summed E-state index contributed by atoms with van der Waals surface area (Å²) in [5.74, 6) is 1.06. The molecule has 0 aromatic carbocycles. The van der Waals surface area contributed by atoms with Crippen molar-refractivity contribution in [2.45, 2.75) is 232 Å². The highest BCUT2D eigenvalue weighted by atomic mass is 16.6. The fraction of sp³-hybridized carbons (Fsp3) is 0.841. The number of unbranched alkanes of at least 4 members (excludes halogenated alkanes) is 29. The van der Waals surface area contributed by atoms with Crippen LogP contribution < -0.4 is 0 Å². The van der Waals surface area contributed by atoms with Gasteiger partial charge in [-0.25, -0.2) is 0 Å². The quantitative estimate of drug-likeness (QED) is 0.0387. The largest absolute Gasteiger partial charge is 0.430 e. The molecule has 1 unspecified atom stereocenters. The molecule has 0 bridgehead atoms. The van der Waals surface area contributed by atoms with E-state index < -0.39 is 0 Å². The highest BCUT2D eigenvalue weighted by Crippen LogP contribution is 2.32. The summed E-state index contributed by atoms with van der Waals surface area (Å²) in [6.07, 6.45) is 57.2. The maximum Gasteiger partial charge on any atom is 0.321 e. The summed E-state index contributed by atoms with van der Waals surface area (Å²) in [5, 5.41) is 0. The average molecular weight is 641 g/mol. The van der Waals surface area contributed by atoms with Crippen LogP contribution in [0.15, 0.2) is 36.1 Å². The van der Waals surface area contributed by atoms with Crippen molar-refractivity contribution in [3.05, 3.63) is 36.1 Å². The molecule has 1 aliphatic heterocycles. The topological polar surface area (TPSA) is 26.3 Å². The minimum Gasteiger partial charge on any atom is -0.430 e. The number of hydrogen-bond acceptors (Lipinski definition) is 2. The van der Waals surface area contributed by atoms with Crippen molar-refractivity contribution >= 4 is 5.97 Å². The number of cyclic esters (lactones) is 1. The van der Waals surface area contributed by atoms with Gasteiger partial charge in [0.2, 0.25) is 0 Å². The second-order valence-electron chi connectivity index (χ2n) is 14.4. The van der Waals surface area contributed by atoms with Gasteiger partial charge in [0.05, 0.1) is 0 Å². The fourth-order valence-electron chi connectivity index (χ4n) is 6.70. The highest BCUT2D eigenvalue weighted by molar-refractivity contribution is 5.82. The molecule has 268 valence electrons.